The van der Waals surface area contributed by atoms with Gasteiger partial charge in [0.1, 0.15) is 0 Å². The molecule has 0 saturated heterocycles. The second kappa shape index (κ2) is 7.69. The van der Waals surface area contributed by atoms with Gasteiger partial charge in [0.05, 0.1) is 13.2 Å². The molecule has 0 aliphatic heterocycles. The quantitative estimate of drug-likeness (QED) is 0.708. The summed E-state index contributed by atoms with van der Waals surface area (Å²) in [5.74, 6) is 0. The maximum atomic E-state index is 5.61. The number of hydrogen-bond acceptors (Lipinski definition) is 3. The molecule has 0 amide bonds. The Morgan fingerprint density at radius 3 is 1.53 bits per heavy atom. The number of hydrogen-bond donors (Lipinski definition) is 0. The fraction of sp³-hybridized carbons (Fsp3) is 0.250. The molecule has 0 radical (unpaired) electrons. The highest BCUT2D eigenvalue weighted by molar-refractivity contribution is 5.14. The van der Waals surface area contributed by atoms with Crippen molar-refractivity contribution in [3.05, 3.63) is 71.8 Å². The van der Waals surface area contributed by atoms with Crippen molar-refractivity contribution < 1.29 is 9.68 Å². The second-order valence-corrected chi connectivity index (χ2v) is 4.17. The average Bonchev–Trinajstić information content (AvgIpc) is 2.49. The molecule has 0 aliphatic rings. The van der Waals surface area contributed by atoms with Gasteiger partial charge in [-0.3, -0.25) is 9.68 Å². The van der Waals surface area contributed by atoms with Crippen LogP contribution in [-0.4, -0.2) is 11.8 Å². The highest BCUT2D eigenvalue weighted by Crippen LogP contribution is 2.06. The van der Waals surface area contributed by atoms with Crippen LogP contribution in [0.2, 0.25) is 0 Å². The van der Waals surface area contributed by atoms with E-state index in [-0.39, 0.29) is 0 Å². The predicted molar refractivity (Wildman–Crippen MR) is 74.8 cm³/mol. The van der Waals surface area contributed by atoms with Crippen molar-refractivity contribution in [2.45, 2.75) is 20.1 Å². The summed E-state index contributed by atoms with van der Waals surface area (Å²) in [5, 5.41) is 1.53. The third kappa shape index (κ3) is 4.83. The van der Waals surface area contributed by atoms with Gasteiger partial charge in [0.25, 0.3) is 0 Å². The molecule has 100 valence electrons. The monoisotopic (exact) mass is 257 g/mol. The van der Waals surface area contributed by atoms with Crippen LogP contribution in [-0.2, 0) is 22.9 Å². The van der Waals surface area contributed by atoms with Gasteiger partial charge in [-0.05, 0) is 18.1 Å². The minimum atomic E-state index is 0.517. The van der Waals surface area contributed by atoms with Gasteiger partial charge in [0.15, 0.2) is 0 Å². The van der Waals surface area contributed by atoms with Crippen molar-refractivity contribution in [1.82, 2.24) is 5.23 Å². The fourth-order valence-corrected chi connectivity index (χ4v) is 1.66. The first-order valence-corrected chi connectivity index (χ1v) is 6.49. The standard InChI is InChI=1S/C16H19NO2/c1-2-17(18-13-15-9-5-3-6-10-15)19-14-16-11-7-4-8-12-16/h3-12H,2,13-14H2,1H3. The van der Waals surface area contributed by atoms with Crippen LogP contribution in [0.4, 0.5) is 0 Å². The van der Waals surface area contributed by atoms with Crippen LogP contribution in [0.5, 0.6) is 0 Å². The molecule has 2 aromatic carbocycles. The predicted octanol–water partition coefficient (Wildman–Crippen LogP) is 3.57. The molecule has 0 atom stereocenters. The number of nitrogens with zero attached hydrogens (tertiary/aromatic N) is 1. The van der Waals surface area contributed by atoms with E-state index in [0.717, 1.165) is 11.1 Å². The first kappa shape index (κ1) is 13.7. The summed E-state index contributed by atoms with van der Waals surface area (Å²) < 4.78 is 0. The molecule has 0 unspecified atom stereocenters. The average molecular weight is 257 g/mol. The zero-order valence-corrected chi connectivity index (χ0v) is 11.2. The minimum Gasteiger partial charge on any atom is -0.269 e. The zero-order chi connectivity index (χ0) is 13.3. The smallest absolute Gasteiger partial charge is 0.0962 e. The summed E-state index contributed by atoms with van der Waals surface area (Å²) in [6, 6.07) is 20.1. The van der Waals surface area contributed by atoms with Gasteiger partial charge in [-0.25, -0.2) is 0 Å². The van der Waals surface area contributed by atoms with Crippen molar-refractivity contribution >= 4 is 0 Å². The molecule has 0 aliphatic carbocycles. The summed E-state index contributed by atoms with van der Waals surface area (Å²) in [4.78, 5) is 11.2. The largest absolute Gasteiger partial charge is 0.269 e. The molecular weight excluding hydrogens is 238 g/mol. The first-order chi connectivity index (χ1) is 9.38. The zero-order valence-electron chi connectivity index (χ0n) is 11.2. The van der Waals surface area contributed by atoms with Crippen LogP contribution in [0.25, 0.3) is 0 Å². The number of benzene rings is 2. The molecule has 0 aromatic heterocycles. The van der Waals surface area contributed by atoms with E-state index in [1.165, 1.54) is 5.23 Å². The highest BCUT2D eigenvalue weighted by Gasteiger charge is 2.04. The van der Waals surface area contributed by atoms with E-state index in [1.807, 2.05) is 67.6 Å². The van der Waals surface area contributed by atoms with Crippen LogP contribution in [0.1, 0.15) is 18.1 Å². The van der Waals surface area contributed by atoms with Crippen LogP contribution in [0.3, 0.4) is 0 Å². The number of hydroxylamine groups is 2. The molecule has 0 fully saturated rings. The van der Waals surface area contributed by atoms with Gasteiger partial charge < -0.3 is 0 Å². The lowest BCUT2D eigenvalue weighted by atomic mass is 10.2. The normalized spacial score (nSPS) is 10.8. The van der Waals surface area contributed by atoms with Crippen LogP contribution in [0.15, 0.2) is 60.7 Å². The van der Waals surface area contributed by atoms with E-state index in [2.05, 4.69) is 0 Å². The molecule has 2 rings (SSSR count). The summed E-state index contributed by atoms with van der Waals surface area (Å²) >= 11 is 0. The molecule has 2 aromatic rings. The topological polar surface area (TPSA) is 21.7 Å². The van der Waals surface area contributed by atoms with E-state index in [9.17, 15) is 0 Å². The third-order valence-electron chi connectivity index (χ3n) is 2.69. The summed E-state index contributed by atoms with van der Waals surface area (Å²) in [6.07, 6.45) is 0. The van der Waals surface area contributed by atoms with Crippen molar-refractivity contribution in [2.75, 3.05) is 6.54 Å². The molecule has 0 saturated carbocycles. The first-order valence-electron chi connectivity index (χ1n) is 6.49. The summed E-state index contributed by atoms with van der Waals surface area (Å²) in [5.41, 5.74) is 2.26. The third-order valence-corrected chi connectivity index (χ3v) is 2.69. The summed E-state index contributed by atoms with van der Waals surface area (Å²) in [6.45, 7) is 3.71. The van der Waals surface area contributed by atoms with Crippen molar-refractivity contribution in [3.8, 4) is 0 Å². The Hall–Kier alpha value is -1.68. The highest BCUT2D eigenvalue weighted by atomic mass is 16.9. The van der Waals surface area contributed by atoms with E-state index in [4.69, 9.17) is 9.68 Å². The van der Waals surface area contributed by atoms with Gasteiger partial charge in [0.2, 0.25) is 0 Å². The maximum Gasteiger partial charge on any atom is 0.0962 e. The van der Waals surface area contributed by atoms with Crippen LogP contribution < -0.4 is 0 Å². The molecule has 0 N–H and O–H groups in total. The molecule has 0 spiro atoms. The molecule has 3 heteroatoms. The van der Waals surface area contributed by atoms with Gasteiger partial charge >= 0.3 is 0 Å². The fourth-order valence-electron chi connectivity index (χ4n) is 1.66. The molecule has 3 nitrogen and oxygen atoms in total. The minimum absolute atomic E-state index is 0.517. The molecule has 19 heavy (non-hydrogen) atoms. The van der Waals surface area contributed by atoms with Crippen molar-refractivity contribution in [2.24, 2.45) is 0 Å². The maximum absolute atomic E-state index is 5.61. The molecule has 0 bridgehead atoms. The Kier molecular flexibility index (Phi) is 5.56. The molecule has 0 heterocycles. The Morgan fingerprint density at radius 2 is 1.16 bits per heavy atom. The SMILES string of the molecule is CCN(OCc1ccccc1)OCc1ccccc1. The van der Waals surface area contributed by atoms with E-state index in [0.29, 0.717) is 19.8 Å². The van der Waals surface area contributed by atoms with Gasteiger partial charge in [-0.15, -0.1) is 0 Å². The second-order valence-electron chi connectivity index (χ2n) is 4.17. The van der Waals surface area contributed by atoms with Gasteiger partial charge in [-0.1, -0.05) is 65.9 Å². The lowest BCUT2D eigenvalue weighted by Crippen LogP contribution is -2.23. The summed E-state index contributed by atoms with van der Waals surface area (Å²) in [7, 11) is 0. The lowest BCUT2D eigenvalue weighted by Gasteiger charge is -2.19. The van der Waals surface area contributed by atoms with Crippen LogP contribution >= 0.6 is 0 Å². The Labute approximate surface area is 114 Å². The van der Waals surface area contributed by atoms with E-state index in [1.54, 1.807) is 0 Å². The Morgan fingerprint density at radius 1 is 0.737 bits per heavy atom. The van der Waals surface area contributed by atoms with Gasteiger partial charge in [0, 0.05) is 6.54 Å². The number of rotatable bonds is 7. The van der Waals surface area contributed by atoms with Crippen molar-refractivity contribution in [3.63, 3.8) is 0 Å². The molecular formula is C16H19NO2. The van der Waals surface area contributed by atoms with Crippen LogP contribution in [0, 0.1) is 0 Å². The Balaban J connectivity index is 1.77. The Bertz CT molecular complexity index is 415. The van der Waals surface area contributed by atoms with Gasteiger partial charge in [-0.2, -0.15) is 0 Å². The van der Waals surface area contributed by atoms with E-state index >= 15 is 0 Å². The van der Waals surface area contributed by atoms with E-state index < -0.39 is 0 Å². The lowest BCUT2D eigenvalue weighted by molar-refractivity contribution is -0.378. The van der Waals surface area contributed by atoms with Crippen molar-refractivity contribution in [1.29, 1.82) is 0 Å².